The van der Waals surface area contributed by atoms with Crippen molar-refractivity contribution in [1.29, 1.82) is 0 Å². The standard InChI is InChI=1S/C15H16BrN3O3/c1-19(2)15-12(16)8-10(22-15)9-17-18-14(20)11-6-4-5-7-13(11)21-3/h4-9H,1-3H3,(H,18,20)/b17-9+. The third-order valence-corrected chi connectivity index (χ3v) is 3.37. The highest BCUT2D eigenvalue weighted by Crippen LogP contribution is 2.27. The van der Waals surface area contributed by atoms with Gasteiger partial charge in [-0.15, -0.1) is 0 Å². The second kappa shape index (κ2) is 7.13. The van der Waals surface area contributed by atoms with E-state index in [1.165, 1.54) is 13.3 Å². The monoisotopic (exact) mass is 365 g/mol. The molecule has 0 aliphatic heterocycles. The number of carbonyl (C=O) groups excluding carboxylic acids is 1. The molecule has 0 unspecified atom stereocenters. The van der Waals surface area contributed by atoms with Crippen LogP contribution < -0.4 is 15.1 Å². The highest BCUT2D eigenvalue weighted by Gasteiger charge is 2.11. The molecule has 1 aromatic carbocycles. The van der Waals surface area contributed by atoms with Crippen molar-refractivity contribution in [3.05, 3.63) is 46.1 Å². The first-order valence-corrected chi connectivity index (χ1v) is 7.25. The molecule has 1 amide bonds. The van der Waals surface area contributed by atoms with E-state index in [1.54, 1.807) is 30.3 Å². The number of ether oxygens (including phenoxy) is 1. The number of anilines is 1. The Labute approximate surface area is 136 Å². The summed E-state index contributed by atoms with van der Waals surface area (Å²) in [5, 5.41) is 3.89. The molecule has 7 heteroatoms. The maximum Gasteiger partial charge on any atom is 0.275 e. The lowest BCUT2D eigenvalue weighted by atomic mass is 10.2. The fourth-order valence-electron chi connectivity index (χ4n) is 1.79. The predicted molar refractivity (Wildman–Crippen MR) is 88.8 cm³/mol. The summed E-state index contributed by atoms with van der Waals surface area (Å²) in [6.45, 7) is 0. The van der Waals surface area contributed by atoms with Crippen LogP contribution in [0, 0.1) is 0 Å². The minimum Gasteiger partial charge on any atom is -0.496 e. The van der Waals surface area contributed by atoms with Gasteiger partial charge in [-0.1, -0.05) is 12.1 Å². The summed E-state index contributed by atoms with van der Waals surface area (Å²) in [6, 6.07) is 8.70. The van der Waals surface area contributed by atoms with Crippen LogP contribution in [0.5, 0.6) is 5.75 Å². The molecule has 22 heavy (non-hydrogen) atoms. The molecule has 0 radical (unpaired) electrons. The van der Waals surface area contributed by atoms with Crippen LogP contribution in [0.2, 0.25) is 0 Å². The molecule has 1 heterocycles. The van der Waals surface area contributed by atoms with Crippen molar-refractivity contribution in [3.63, 3.8) is 0 Å². The highest BCUT2D eigenvalue weighted by molar-refractivity contribution is 9.10. The fourth-order valence-corrected chi connectivity index (χ4v) is 2.45. The second-order valence-corrected chi connectivity index (χ2v) is 5.45. The van der Waals surface area contributed by atoms with Crippen molar-refractivity contribution in [1.82, 2.24) is 5.43 Å². The van der Waals surface area contributed by atoms with E-state index in [-0.39, 0.29) is 5.91 Å². The van der Waals surface area contributed by atoms with Crippen LogP contribution in [0.15, 0.2) is 44.3 Å². The molecule has 0 fully saturated rings. The van der Waals surface area contributed by atoms with E-state index in [0.717, 1.165) is 4.47 Å². The summed E-state index contributed by atoms with van der Waals surface area (Å²) in [6.07, 6.45) is 1.44. The van der Waals surface area contributed by atoms with Crippen LogP contribution in [0.3, 0.4) is 0 Å². The SMILES string of the molecule is COc1ccccc1C(=O)N/N=C/c1cc(Br)c(N(C)C)o1. The summed E-state index contributed by atoms with van der Waals surface area (Å²) < 4.78 is 11.5. The average Bonchev–Trinajstić information content (AvgIpc) is 2.88. The van der Waals surface area contributed by atoms with Gasteiger partial charge in [-0.25, -0.2) is 5.43 Å². The maximum atomic E-state index is 12.0. The zero-order valence-corrected chi connectivity index (χ0v) is 14.0. The van der Waals surface area contributed by atoms with Gasteiger partial charge in [0.1, 0.15) is 5.75 Å². The van der Waals surface area contributed by atoms with Crippen molar-refractivity contribution in [3.8, 4) is 5.75 Å². The highest BCUT2D eigenvalue weighted by atomic mass is 79.9. The van der Waals surface area contributed by atoms with Gasteiger partial charge in [0.15, 0.2) is 5.76 Å². The lowest BCUT2D eigenvalue weighted by molar-refractivity contribution is 0.0952. The van der Waals surface area contributed by atoms with Crippen molar-refractivity contribution < 1.29 is 13.9 Å². The Bertz CT molecular complexity index is 695. The normalized spacial score (nSPS) is 10.7. The largest absolute Gasteiger partial charge is 0.496 e. The minimum atomic E-state index is -0.354. The molecule has 2 rings (SSSR count). The zero-order valence-electron chi connectivity index (χ0n) is 12.5. The van der Waals surface area contributed by atoms with Gasteiger partial charge in [0.05, 0.1) is 23.4 Å². The third kappa shape index (κ3) is 3.67. The molecular formula is C15H16BrN3O3. The Hall–Kier alpha value is -2.28. The average molecular weight is 366 g/mol. The molecule has 1 N–H and O–H groups in total. The number of nitrogens with zero attached hydrogens (tertiary/aromatic N) is 2. The number of methoxy groups -OCH3 is 1. The summed E-state index contributed by atoms with van der Waals surface area (Å²) in [4.78, 5) is 13.9. The Kier molecular flexibility index (Phi) is 5.21. The molecule has 0 aliphatic rings. The van der Waals surface area contributed by atoms with Gasteiger partial charge in [-0.2, -0.15) is 5.10 Å². The number of nitrogens with one attached hydrogen (secondary N) is 1. The number of amides is 1. The molecule has 6 nitrogen and oxygen atoms in total. The first-order chi connectivity index (χ1) is 10.5. The summed E-state index contributed by atoms with van der Waals surface area (Å²) in [5.74, 6) is 1.34. The number of hydrogen-bond acceptors (Lipinski definition) is 5. The third-order valence-electron chi connectivity index (χ3n) is 2.80. The van der Waals surface area contributed by atoms with Gasteiger partial charge in [-0.05, 0) is 28.1 Å². The van der Waals surface area contributed by atoms with Gasteiger partial charge < -0.3 is 14.1 Å². The van der Waals surface area contributed by atoms with Gasteiger partial charge in [0, 0.05) is 20.2 Å². The number of hydrazone groups is 1. The van der Waals surface area contributed by atoms with E-state index < -0.39 is 0 Å². The van der Waals surface area contributed by atoms with E-state index in [9.17, 15) is 4.79 Å². The second-order valence-electron chi connectivity index (χ2n) is 4.60. The van der Waals surface area contributed by atoms with Crippen LogP contribution >= 0.6 is 15.9 Å². The number of benzene rings is 1. The first kappa shape index (κ1) is 16.1. The van der Waals surface area contributed by atoms with E-state index >= 15 is 0 Å². The maximum absolute atomic E-state index is 12.0. The summed E-state index contributed by atoms with van der Waals surface area (Å²) in [5.41, 5.74) is 2.86. The van der Waals surface area contributed by atoms with E-state index in [2.05, 4.69) is 26.5 Å². The number of carbonyl (C=O) groups is 1. The van der Waals surface area contributed by atoms with E-state index in [0.29, 0.717) is 23.0 Å². The fraction of sp³-hybridized carbons (Fsp3) is 0.200. The van der Waals surface area contributed by atoms with Crippen LogP contribution in [-0.4, -0.2) is 33.3 Å². The van der Waals surface area contributed by atoms with Crippen LogP contribution in [0.4, 0.5) is 5.88 Å². The Morgan fingerprint density at radius 2 is 2.14 bits per heavy atom. The smallest absolute Gasteiger partial charge is 0.275 e. The molecule has 0 saturated carbocycles. The summed E-state index contributed by atoms with van der Waals surface area (Å²) in [7, 11) is 5.25. The minimum absolute atomic E-state index is 0.354. The van der Waals surface area contributed by atoms with Crippen LogP contribution in [0.25, 0.3) is 0 Å². The lowest BCUT2D eigenvalue weighted by Gasteiger charge is -2.07. The number of halogens is 1. The Balaban J connectivity index is 2.06. The van der Waals surface area contributed by atoms with E-state index in [1.807, 2.05) is 19.0 Å². The lowest BCUT2D eigenvalue weighted by Crippen LogP contribution is -2.18. The van der Waals surface area contributed by atoms with Crippen molar-refractivity contribution in [2.45, 2.75) is 0 Å². The van der Waals surface area contributed by atoms with E-state index in [4.69, 9.17) is 9.15 Å². The van der Waals surface area contributed by atoms with Crippen molar-refractivity contribution >= 4 is 33.9 Å². The number of hydrogen-bond donors (Lipinski definition) is 1. The quantitative estimate of drug-likeness (QED) is 0.653. The molecule has 0 bridgehead atoms. The topological polar surface area (TPSA) is 67.1 Å². The molecule has 0 saturated heterocycles. The molecule has 2 aromatic rings. The van der Waals surface area contributed by atoms with Crippen LogP contribution in [0.1, 0.15) is 16.1 Å². The van der Waals surface area contributed by atoms with Gasteiger partial charge >= 0.3 is 0 Å². The van der Waals surface area contributed by atoms with Gasteiger partial charge in [-0.3, -0.25) is 4.79 Å². The molecule has 0 atom stereocenters. The Morgan fingerprint density at radius 3 is 2.77 bits per heavy atom. The van der Waals surface area contributed by atoms with Crippen molar-refractivity contribution in [2.75, 3.05) is 26.1 Å². The molecule has 1 aromatic heterocycles. The zero-order chi connectivity index (χ0) is 16.1. The molecule has 0 aliphatic carbocycles. The number of rotatable bonds is 5. The van der Waals surface area contributed by atoms with Crippen molar-refractivity contribution in [2.24, 2.45) is 5.10 Å². The number of furan rings is 1. The summed E-state index contributed by atoms with van der Waals surface area (Å²) >= 11 is 3.39. The molecule has 116 valence electrons. The van der Waals surface area contributed by atoms with Crippen LogP contribution in [-0.2, 0) is 0 Å². The number of para-hydroxylation sites is 1. The molecule has 0 spiro atoms. The van der Waals surface area contributed by atoms with Gasteiger partial charge in [0.2, 0.25) is 5.88 Å². The predicted octanol–water partition coefficient (Wildman–Crippen LogP) is 2.88. The molecular weight excluding hydrogens is 350 g/mol. The first-order valence-electron chi connectivity index (χ1n) is 6.46. The Morgan fingerprint density at radius 1 is 1.41 bits per heavy atom. The van der Waals surface area contributed by atoms with Gasteiger partial charge in [0.25, 0.3) is 5.91 Å².